The number of hydrogen-bond acceptors (Lipinski definition) is 3. The van der Waals surface area contributed by atoms with E-state index in [1.807, 2.05) is 42.0 Å². The highest BCUT2D eigenvalue weighted by atomic mass is 19.1. The fourth-order valence-electron chi connectivity index (χ4n) is 3.04. The highest BCUT2D eigenvalue weighted by Crippen LogP contribution is 2.19. The molecule has 2 aromatic carbocycles. The third-order valence-electron chi connectivity index (χ3n) is 4.45. The van der Waals surface area contributed by atoms with E-state index in [1.54, 1.807) is 29.3 Å². The minimum atomic E-state index is -0.314. The van der Waals surface area contributed by atoms with E-state index in [0.717, 1.165) is 11.4 Å². The molecule has 0 aliphatic rings. The fraction of sp³-hybridized carbons (Fsp3) is 0.0952. The van der Waals surface area contributed by atoms with Gasteiger partial charge in [-0.2, -0.15) is 5.10 Å². The van der Waals surface area contributed by atoms with Gasteiger partial charge in [-0.25, -0.2) is 14.1 Å². The van der Waals surface area contributed by atoms with Crippen molar-refractivity contribution in [2.24, 2.45) is 0 Å². The number of hydrogen-bond donors (Lipinski definition) is 1. The van der Waals surface area contributed by atoms with Gasteiger partial charge in [0, 0.05) is 23.8 Å². The van der Waals surface area contributed by atoms with Gasteiger partial charge in [0.15, 0.2) is 0 Å². The van der Waals surface area contributed by atoms with E-state index in [2.05, 4.69) is 15.4 Å². The van der Waals surface area contributed by atoms with E-state index in [9.17, 15) is 9.18 Å². The molecular weight excluding hydrogens is 357 g/mol. The fourth-order valence-corrected chi connectivity index (χ4v) is 3.04. The predicted octanol–water partition coefficient (Wildman–Crippen LogP) is 4.01. The molecule has 0 radical (unpaired) electrons. The highest BCUT2D eigenvalue weighted by Gasteiger charge is 2.17. The Hall–Kier alpha value is -3.74. The first-order chi connectivity index (χ1) is 13.7. The Labute approximate surface area is 161 Å². The summed E-state index contributed by atoms with van der Waals surface area (Å²) in [6.45, 7) is 1.95. The number of nitrogens with one attached hydrogen (secondary N) is 1. The van der Waals surface area contributed by atoms with Gasteiger partial charge in [0.25, 0.3) is 5.91 Å². The minimum absolute atomic E-state index is 0.236. The van der Waals surface area contributed by atoms with Gasteiger partial charge in [-0.15, -0.1) is 0 Å². The molecule has 28 heavy (non-hydrogen) atoms. The maximum atomic E-state index is 13.2. The van der Waals surface area contributed by atoms with Gasteiger partial charge in [0.05, 0.1) is 29.5 Å². The third-order valence-corrected chi connectivity index (χ3v) is 4.45. The molecule has 0 atom stereocenters. The molecule has 140 valence electrons. The zero-order valence-corrected chi connectivity index (χ0v) is 15.2. The number of nitrogens with zero attached hydrogens (tertiary/aromatic N) is 4. The van der Waals surface area contributed by atoms with Crippen LogP contribution in [0, 0.1) is 5.82 Å². The number of benzene rings is 2. The molecule has 6 nitrogen and oxygen atoms in total. The summed E-state index contributed by atoms with van der Waals surface area (Å²) in [7, 11) is 0. The zero-order chi connectivity index (χ0) is 19.5. The van der Waals surface area contributed by atoms with Gasteiger partial charge in [-0.05, 0) is 55.0 Å². The second-order valence-corrected chi connectivity index (χ2v) is 6.22. The van der Waals surface area contributed by atoms with E-state index < -0.39 is 0 Å². The minimum Gasteiger partial charge on any atom is -0.322 e. The number of imidazole rings is 1. The zero-order valence-electron chi connectivity index (χ0n) is 15.2. The lowest BCUT2D eigenvalue weighted by molar-refractivity contribution is 0.102. The van der Waals surface area contributed by atoms with Crippen molar-refractivity contribution in [3.05, 3.63) is 90.5 Å². The average molecular weight is 375 g/mol. The molecule has 4 rings (SSSR count). The van der Waals surface area contributed by atoms with Crippen molar-refractivity contribution in [2.45, 2.75) is 13.3 Å². The SMILES string of the molecule is CCc1c(C(=O)Nc2ccc(-n3ccnc3)cc2)cnn1-c1ccc(F)cc1. The Morgan fingerprint density at radius 1 is 1.07 bits per heavy atom. The molecule has 1 amide bonds. The van der Waals surface area contributed by atoms with Crippen LogP contribution >= 0.6 is 0 Å². The molecule has 1 N–H and O–H groups in total. The molecule has 0 unspecified atom stereocenters. The van der Waals surface area contributed by atoms with Crippen LogP contribution in [0.25, 0.3) is 11.4 Å². The maximum Gasteiger partial charge on any atom is 0.259 e. The Bertz CT molecular complexity index is 1080. The van der Waals surface area contributed by atoms with Crippen LogP contribution in [0.3, 0.4) is 0 Å². The van der Waals surface area contributed by atoms with Crippen molar-refractivity contribution in [1.29, 1.82) is 0 Å². The van der Waals surface area contributed by atoms with E-state index in [1.165, 1.54) is 18.3 Å². The molecule has 0 saturated heterocycles. The van der Waals surface area contributed by atoms with E-state index >= 15 is 0 Å². The second kappa shape index (κ2) is 7.48. The molecule has 0 spiro atoms. The predicted molar refractivity (Wildman–Crippen MR) is 104 cm³/mol. The molecule has 0 fully saturated rings. The van der Waals surface area contributed by atoms with Crippen molar-refractivity contribution in [3.8, 4) is 11.4 Å². The highest BCUT2D eigenvalue weighted by molar-refractivity contribution is 6.05. The van der Waals surface area contributed by atoms with E-state index in [-0.39, 0.29) is 11.7 Å². The summed E-state index contributed by atoms with van der Waals surface area (Å²) in [5.41, 5.74) is 3.60. The maximum absolute atomic E-state index is 13.2. The largest absolute Gasteiger partial charge is 0.322 e. The molecule has 0 saturated carbocycles. The van der Waals surface area contributed by atoms with Crippen LogP contribution in [0.4, 0.5) is 10.1 Å². The number of amides is 1. The quantitative estimate of drug-likeness (QED) is 0.573. The van der Waals surface area contributed by atoms with Crippen LogP contribution in [0.15, 0.2) is 73.4 Å². The number of anilines is 1. The Kier molecular flexibility index (Phi) is 4.72. The van der Waals surface area contributed by atoms with Gasteiger partial charge in [-0.1, -0.05) is 6.92 Å². The molecule has 2 aromatic heterocycles. The van der Waals surface area contributed by atoms with Crippen LogP contribution < -0.4 is 5.32 Å². The lowest BCUT2D eigenvalue weighted by Crippen LogP contribution is -2.14. The van der Waals surface area contributed by atoms with Crippen LogP contribution in [0.2, 0.25) is 0 Å². The van der Waals surface area contributed by atoms with Gasteiger partial charge < -0.3 is 9.88 Å². The monoisotopic (exact) mass is 375 g/mol. The van der Waals surface area contributed by atoms with Crippen molar-refractivity contribution >= 4 is 11.6 Å². The van der Waals surface area contributed by atoms with Crippen LogP contribution in [0.5, 0.6) is 0 Å². The van der Waals surface area contributed by atoms with Crippen molar-refractivity contribution < 1.29 is 9.18 Å². The van der Waals surface area contributed by atoms with Crippen LogP contribution in [0.1, 0.15) is 23.0 Å². The summed E-state index contributed by atoms with van der Waals surface area (Å²) in [5.74, 6) is -0.549. The van der Waals surface area contributed by atoms with Gasteiger partial charge in [0.2, 0.25) is 0 Å². The van der Waals surface area contributed by atoms with Crippen LogP contribution in [-0.4, -0.2) is 25.2 Å². The normalized spacial score (nSPS) is 10.8. The molecule has 0 bridgehead atoms. The molecule has 0 aliphatic carbocycles. The number of rotatable bonds is 5. The van der Waals surface area contributed by atoms with Gasteiger partial charge in [0.1, 0.15) is 5.82 Å². The first-order valence-corrected chi connectivity index (χ1v) is 8.88. The number of carbonyl (C=O) groups excluding carboxylic acids is 1. The smallest absolute Gasteiger partial charge is 0.259 e. The topological polar surface area (TPSA) is 64.7 Å². The van der Waals surface area contributed by atoms with Crippen molar-refractivity contribution in [3.63, 3.8) is 0 Å². The molecule has 7 heteroatoms. The second-order valence-electron chi connectivity index (χ2n) is 6.22. The standard InChI is InChI=1S/C21H18FN5O/c1-2-20-19(13-24-27(20)18-7-3-15(22)4-8-18)21(28)25-16-5-9-17(10-6-16)26-12-11-23-14-26/h3-14H,2H2,1H3,(H,25,28). The Morgan fingerprint density at radius 2 is 1.79 bits per heavy atom. The summed E-state index contributed by atoms with van der Waals surface area (Å²) in [6.07, 6.45) is 7.42. The third kappa shape index (κ3) is 3.42. The first kappa shape index (κ1) is 17.7. The molecule has 0 aliphatic heterocycles. The first-order valence-electron chi connectivity index (χ1n) is 8.88. The van der Waals surface area contributed by atoms with E-state index in [4.69, 9.17) is 0 Å². The molecular formula is C21H18FN5O. The summed E-state index contributed by atoms with van der Waals surface area (Å²) in [6, 6.07) is 13.5. The Morgan fingerprint density at radius 3 is 2.43 bits per heavy atom. The van der Waals surface area contributed by atoms with Crippen LogP contribution in [-0.2, 0) is 6.42 Å². The van der Waals surface area contributed by atoms with Crippen molar-refractivity contribution in [2.75, 3.05) is 5.32 Å². The van der Waals surface area contributed by atoms with Gasteiger partial charge in [-0.3, -0.25) is 4.79 Å². The Balaban J connectivity index is 1.56. The summed E-state index contributed by atoms with van der Waals surface area (Å²) >= 11 is 0. The molecule has 4 aromatic rings. The van der Waals surface area contributed by atoms with Crippen molar-refractivity contribution in [1.82, 2.24) is 19.3 Å². The number of halogens is 1. The summed E-state index contributed by atoms with van der Waals surface area (Å²) in [5, 5.41) is 7.22. The average Bonchev–Trinajstić information content (AvgIpc) is 3.39. The molecule has 2 heterocycles. The summed E-state index contributed by atoms with van der Waals surface area (Å²) in [4.78, 5) is 16.8. The number of aromatic nitrogens is 4. The van der Waals surface area contributed by atoms with E-state index in [0.29, 0.717) is 23.4 Å². The lowest BCUT2D eigenvalue weighted by Gasteiger charge is -2.09. The summed E-state index contributed by atoms with van der Waals surface area (Å²) < 4.78 is 16.7. The van der Waals surface area contributed by atoms with Gasteiger partial charge >= 0.3 is 0 Å². The lowest BCUT2D eigenvalue weighted by atomic mass is 10.1. The number of carbonyl (C=O) groups is 1.